The second kappa shape index (κ2) is 20.1. The molecule has 0 atom stereocenters. The Balaban J connectivity index is -0.0000000627. The molecule has 0 aliphatic heterocycles. The van der Waals surface area contributed by atoms with E-state index >= 15 is 0 Å². The molecule has 1 rings (SSSR count). The summed E-state index contributed by atoms with van der Waals surface area (Å²) in [6.07, 6.45) is 10.0. The van der Waals surface area contributed by atoms with Crippen LogP contribution >= 0.6 is 0 Å². The van der Waals surface area contributed by atoms with Crippen LogP contribution in [-0.2, 0) is 26.2 Å². The van der Waals surface area contributed by atoms with Crippen LogP contribution in [-0.4, -0.2) is 32.0 Å². The first-order chi connectivity index (χ1) is 9.91. The second-order valence-corrected chi connectivity index (χ2v) is 10.8. The fraction of sp³-hybridized carbons (Fsp3) is 0.789. The predicted molar refractivity (Wildman–Crippen MR) is 113 cm³/mol. The Kier molecular flexibility index (Phi) is 30.0. The molecule has 1 aliphatic rings. The fourth-order valence-electron chi connectivity index (χ4n) is 0.340. The Morgan fingerprint density at radius 2 is 0.958 bits per heavy atom. The van der Waals surface area contributed by atoms with Gasteiger partial charge in [0.1, 0.15) is 0 Å². The zero-order valence-electron chi connectivity index (χ0n) is 18.0. The maximum Gasteiger partial charge on any atom is 4.00 e. The molecule has 0 aromatic carbocycles. The Morgan fingerprint density at radius 1 is 0.750 bits per heavy atom. The van der Waals surface area contributed by atoms with Crippen molar-refractivity contribution in [2.24, 2.45) is 0 Å². The van der Waals surface area contributed by atoms with Crippen LogP contribution in [0.1, 0.15) is 68.7 Å². The van der Waals surface area contributed by atoms with E-state index in [4.69, 9.17) is 17.2 Å². The van der Waals surface area contributed by atoms with Gasteiger partial charge in [0, 0.05) is 0 Å². The number of hydrogen-bond acceptors (Lipinski definition) is 0. The van der Waals surface area contributed by atoms with Crippen molar-refractivity contribution in [2.45, 2.75) is 96.9 Å². The number of rotatable bonds is 0. The van der Waals surface area contributed by atoms with Crippen molar-refractivity contribution in [2.75, 3.05) is 0 Å². The van der Waals surface area contributed by atoms with Crippen molar-refractivity contribution >= 4 is 15.4 Å². The van der Waals surface area contributed by atoms with Crippen LogP contribution in [0.5, 0.6) is 0 Å². The molecule has 141 valence electrons. The van der Waals surface area contributed by atoms with Crippen LogP contribution in [0.4, 0.5) is 0 Å². The van der Waals surface area contributed by atoms with Gasteiger partial charge in [-0.25, -0.2) is 12.2 Å². The number of hydrogen-bond donors (Lipinski definition) is 0. The van der Waals surface area contributed by atoms with Crippen LogP contribution in [0.25, 0.3) is 17.2 Å². The maximum atomic E-state index is 6.94. The topological polar surface area (TPSA) is 71.4 Å². The van der Waals surface area contributed by atoms with E-state index in [0.29, 0.717) is 15.4 Å². The van der Waals surface area contributed by atoms with Crippen LogP contribution in [0.2, 0.25) is 11.5 Å². The van der Waals surface area contributed by atoms with Gasteiger partial charge >= 0.3 is 53.1 Å². The molecule has 0 fully saturated rings. The van der Waals surface area contributed by atoms with E-state index in [1.807, 2.05) is 74.5 Å². The average molecular weight is 476 g/mol. The molecule has 24 heavy (non-hydrogen) atoms. The molecule has 3 N–H and O–H groups in total. The molecule has 0 spiro atoms. The van der Waals surface area contributed by atoms with Crippen LogP contribution in [0, 0.1) is 6.08 Å². The van der Waals surface area contributed by atoms with Gasteiger partial charge in [0.2, 0.25) is 0 Å². The Morgan fingerprint density at radius 3 is 1.00 bits per heavy atom. The van der Waals surface area contributed by atoms with Gasteiger partial charge in [-0.2, -0.15) is 6.08 Å². The van der Waals surface area contributed by atoms with Gasteiger partial charge in [-0.3, -0.25) is 6.08 Å². The Hall–Kier alpha value is 0.786. The zero-order chi connectivity index (χ0) is 19.7. The van der Waals surface area contributed by atoms with E-state index in [-0.39, 0.29) is 42.8 Å². The van der Waals surface area contributed by atoms with Crippen molar-refractivity contribution in [3.63, 3.8) is 0 Å². The van der Waals surface area contributed by atoms with Gasteiger partial charge in [-0.1, -0.05) is 62.3 Å². The van der Waals surface area contributed by atoms with Crippen molar-refractivity contribution in [3.8, 4) is 0 Å². The first kappa shape index (κ1) is 35.8. The minimum Gasteiger partial charge on any atom is 4.00 e. The minimum atomic E-state index is -0.250. The fourth-order valence-corrected chi connectivity index (χ4v) is 0.340. The molecule has 3 nitrogen and oxygen atoms in total. The van der Waals surface area contributed by atoms with Crippen molar-refractivity contribution in [1.29, 1.82) is 0 Å². The summed E-state index contributed by atoms with van der Waals surface area (Å²) < 4.78 is 0. The molecule has 0 unspecified atom stereocenters. The van der Waals surface area contributed by atoms with E-state index in [0.717, 1.165) is 6.42 Å². The van der Waals surface area contributed by atoms with E-state index in [9.17, 15) is 0 Å². The summed E-state index contributed by atoms with van der Waals surface area (Å²) in [6, 6.07) is 0. The van der Waals surface area contributed by atoms with Crippen molar-refractivity contribution in [1.82, 2.24) is 0 Å². The minimum absolute atomic E-state index is 0. The third-order valence-electron chi connectivity index (χ3n) is 0.586. The third kappa shape index (κ3) is 323. The first-order valence-corrected chi connectivity index (χ1v) is 13.0. The van der Waals surface area contributed by atoms with Crippen molar-refractivity contribution in [3.05, 3.63) is 41.5 Å². The summed E-state index contributed by atoms with van der Waals surface area (Å²) in [4.78, 5) is 0. The van der Waals surface area contributed by atoms with Crippen LogP contribution in [0.3, 0.4) is 0 Å². The molecule has 0 aromatic rings. The molecule has 0 heterocycles. The molecule has 1 aliphatic carbocycles. The molecular weight excluding hydrogens is 434 g/mol. The van der Waals surface area contributed by atoms with E-state index in [2.05, 4.69) is 23.7 Å². The summed E-state index contributed by atoms with van der Waals surface area (Å²) >= 11 is 0.312. The van der Waals surface area contributed by atoms with Gasteiger partial charge in [0.05, 0.1) is 0 Å². The maximum absolute atomic E-state index is 6.94. The molecule has 1 radical (unpaired) electrons. The standard InChI is InChI=1S/C5H5.3C4H10N.C2H7Ge.Zr/c1-2-4-5-3-1;3*1-4(2,3)5;1-3-2;/h1-3H,4H2;3*5H,1-3H3;3H,1-2H3;/q4*-1;;+4. The number of allylic oxidation sites excluding steroid dienone is 4. The van der Waals surface area contributed by atoms with Gasteiger partial charge in [0.15, 0.2) is 0 Å². The SMILES string of the molecule is CC(C)(C)[NH-].CC(C)(C)[NH-].CC(C)(C)[NH-].[C-]1=CC=CC1.[CH3][GeH][CH3].[Zr+4]. The molecule has 5 heteroatoms. The predicted octanol–water partition coefficient (Wildman–Crippen LogP) is 7.33. The monoisotopic (exact) mass is 476 g/mol. The Bertz CT molecular complexity index is 226. The van der Waals surface area contributed by atoms with Gasteiger partial charge in [0.25, 0.3) is 0 Å². The largest absolute Gasteiger partial charge is 4.00 e. The van der Waals surface area contributed by atoms with E-state index in [1.165, 1.54) is 0 Å². The second-order valence-electron chi connectivity index (χ2n) is 8.33. The van der Waals surface area contributed by atoms with E-state index < -0.39 is 0 Å². The molecule has 0 bridgehead atoms. The average Bonchev–Trinajstić information content (AvgIpc) is 2.64. The molecule has 0 aromatic heterocycles. The molecular formula is C19H42GeN3Zr. The molecule has 0 saturated carbocycles. The smallest absolute Gasteiger partial charge is 4.00 e. The molecule has 0 saturated heterocycles. The first-order valence-electron chi connectivity index (χ1n) is 8.12. The summed E-state index contributed by atoms with van der Waals surface area (Å²) in [7, 11) is 0. The Labute approximate surface area is 179 Å². The summed E-state index contributed by atoms with van der Waals surface area (Å²) in [5, 5.41) is 0. The summed E-state index contributed by atoms with van der Waals surface area (Å²) in [6.45, 7) is 16.7. The summed E-state index contributed by atoms with van der Waals surface area (Å²) in [5.41, 5.74) is 20.1. The normalized spacial score (nSPS) is 11.9. The quantitative estimate of drug-likeness (QED) is 0.259. The molecule has 0 amide bonds. The van der Waals surface area contributed by atoms with Gasteiger partial charge in [-0.05, 0) is 0 Å². The van der Waals surface area contributed by atoms with Crippen LogP contribution in [0.15, 0.2) is 18.2 Å². The van der Waals surface area contributed by atoms with Crippen molar-refractivity contribution < 1.29 is 26.2 Å². The third-order valence-corrected chi connectivity index (χ3v) is 0.586. The van der Waals surface area contributed by atoms with Gasteiger partial charge < -0.3 is 17.2 Å². The van der Waals surface area contributed by atoms with E-state index in [1.54, 1.807) is 0 Å². The number of nitrogens with one attached hydrogen (secondary N) is 3. The summed E-state index contributed by atoms with van der Waals surface area (Å²) in [5.74, 6) is 4.56. The van der Waals surface area contributed by atoms with Gasteiger partial charge in [-0.15, -0.1) is 23.0 Å². The van der Waals surface area contributed by atoms with Crippen LogP contribution < -0.4 is 0 Å². The zero-order valence-corrected chi connectivity index (χ0v) is 22.9.